The molecule has 6 heteroatoms. The van der Waals surface area contributed by atoms with Gasteiger partial charge >= 0.3 is 0 Å². The minimum Gasteiger partial charge on any atom is -0.463 e. The molecule has 1 atom stereocenters. The first-order chi connectivity index (χ1) is 10.1. The first-order valence-electron chi connectivity index (χ1n) is 6.68. The second-order valence-electron chi connectivity index (χ2n) is 4.92. The van der Waals surface area contributed by atoms with Gasteiger partial charge in [-0.3, -0.25) is 4.79 Å². The van der Waals surface area contributed by atoms with E-state index in [0.717, 1.165) is 5.76 Å². The highest BCUT2D eigenvalue weighted by molar-refractivity contribution is 6.31. The zero-order valence-corrected chi connectivity index (χ0v) is 12.2. The van der Waals surface area contributed by atoms with Crippen molar-refractivity contribution in [3.8, 4) is 0 Å². The maximum absolute atomic E-state index is 12.0. The Hall–Kier alpha value is -2.11. The second kappa shape index (κ2) is 5.71. The predicted octanol–water partition coefficient (Wildman–Crippen LogP) is 1.99. The monoisotopic (exact) mass is 304 g/mol. The number of hydrogen-bond donors (Lipinski definition) is 2. The molecular weight excluding hydrogens is 290 g/mol. The van der Waals surface area contributed by atoms with Gasteiger partial charge < -0.3 is 14.7 Å². The summed E-state index contributed by atoms with van der Waals surface area (Å²) in [5.74, 6) is 1.51. The van der Waals surface area contributed by atoms with E-state index in [4.69, 9.17) is 16.0 Å². The van der Waals surface area contributed by atoms with E-state index in [9.17, 15) is 4.79 Å². The maximum atomic E-state index is 12.0. The fourth-order valence-electron chi connectivity index (χ4n) is 2.21. The molecule has 3 rings (SSSR count). The van der Waals surface area contributed by atoms with Crippen LogP contribution in [-0.4, -0.2) is 9.97 Å². The molecule has 0 spiro atoms. The van der Waals surface area contributed by atoms with Crippen LogP contribution in [0, 0.1) is 0 Å². The first kappa shape index (κ1) is 13.9. The van der Waals surface area contributed by atoms with Gasteiger partial charge in [-0.15, -0.1) is 0 Å². The van der Waals surface area contributed by atoms with E-state index in [1.165, 1.54) is 0 Å². The highest BCUT2D eigenvalue weighted by Gasteiger charge is 2.12. The summed E-state index contributed by atoms with van der Waals surface area (Å²) in [6.07, 6.45) is 1.65. The van der Waals surface area contributed by atoms with Gasteiger partial charge in [0.05, 0.1) is 17.2 Å². The summed E-state index contributed by atoms with van der Waals surface area (Å²) in [5, 5.41) is 3.16. The van der Waals surface area contributed by atoms with Gasteiger partial charge in [0, 0.05) is 5.02 Å². The van der Waals surface area contributed by atoms with E-state index < -0.39 is 0 Å². The number of nitrogens with one attached hydrogen (secondary N) is 1. The van der Waals surface area contributed by atoms with E-state index in [2.05, 4.69) is 9.97 Å². The van der Waals surface area contributed by atoms with Crippen LogP contribution in [0.25, 0.3) is 10.9 Å². The molecule has 0 amide bonds. The van der Waals surface area contributed by atoms with Crippen LogP contribution in [0.4, 0.5) is 0 Å². The number of aromatic nitrogens is 2. The number of H-pyrrole nitrogens is 1. The molecule has 2 heterocycles. The third-order valence-electron chi connectivity index (χ3n) is 3.37. The van der Waals surface area contributed by atoms with Crippen LogP contribution in [0.2, 0.25) is 5.02 Å². The molecule has 0 bridgehead atoms. The lowest BCUT2D eigenvalue weighted by molar-refractivity contribution is -0.710. The van der Waals surface area contributed by atoms with Crippen molar-refractivity contribution in [3.63, 3.8) is 0 Å². The number of aromatic amines is 1. The quantitative estimate of drug-likeness (QED) is 0.774. The molecule has 1 aromatic carbocycles. The molecule has 3 aromatic rings. The fraction of sp³-hybridized carbons (Fsp3) is 0.200. The molecule has 0 saturated carbocycles. The summed E-state index contributed by atoms with van der Waals surface area (Å²) < 4.78 is 5.35. The van der Waals surface area contributed by atoms with E-state index in [-0.39, 0.29) is 11.6 Å². The summed E-state index contributed by atoms with van der Waals surface area (Å²) in [6, 6.07) is 9.01. The highest BCUT2D eigenvalue weighted by atomic mass is 35.5. The first-order valence-corrected chi connectivity index (χ1v) is 7.06. The van der Waals surface area contributed by atoms with Gasteiger partial charge in [0.15, 0.2) is 11.6 Å². The molecule has 5 nitrogen and oxygen atoms in total. The Labute approximate surface area is 126 Å². The molecule has 0 aliphatic rings. The van der Waals surface area contributed by atoms with Crippen molar-refractivity contribution < 1.29 is 9.73 Å². The smallest absolute Gasteiger partial charge is 0.258 e. The van der Waals surface area contributed by atoms with Crippen LogP contribution < -0.4 is 10.9 Å². The van der Waals surface area contributed by atoms with Crippen LogP contribution in [-0.2, 0) is 6.54 Å². The van der Waals surface area contributed by atoms with Crippen LogP contribution in [0.1, 0.15) is 24.6 Å². The number of nitrogens with zero attached hydrogens (tertiary/aromatic N) is 1. The Morgan fingerprint density at radius 2 is 2.29 bits per heavy atom. The maximum Gasteiger partial charge on any atom is 0.258 e. The predicted molar refractivity (Wildman–Crippen MR) is 80.1 cm³/mol. The largest absolute Gasteiger partial charge is 0.463 e. The Balaban J connectivity index is 1.83. The Morgan fingerprint density at radius 3 is 3.05 bits per heavy atom. The molecule has 2 aromatic heterocycles. The summed E-state index contributed by atoms with van der Waals surface area (Å²) in [5.41, 5.74) is 0.464. The van der Waals surface area contributed by atoms with Crippen LogP contribution in [0.5, 0.6) is 0 Å². The molecular formula is C15H15ClN3O2+. The van der Waals surface area contributed by atoms with Crippen molar-refractivity contribution in [1.29, 1.82) is 0 Å². The summed E-state index contributed by atoms with van der Waals surface area (Å²) in [4.78, 5) is 19.3. The van der Waals surface area contributed by atoms with E-state index in [0.29, 0.717) is 28.3 Å². The van der Waals surface area contributed by atoms with Gasteiger partial charge in [0.2, 0.25) is 0 Å². The number of benzene rings is 1. The van der Waals surface area contributed by atoms with E-state index in [1.807, 2.05) is 24.4 Å². The third kappa shape index (κ3) is 2.99. The molecule has 0 aliphatic heterocycles. The number of rotatable bonds is 4. The van der Waals surface area contributed by atoms with E-state index in [1.54, 1.807) is 24.5 Å². The van der Waals surface area contributed by atoms with Gasteiger partial charge in [0.1, 0.15) is 12.6 Å². The fourth-order valence-corrected chi connectivity index (χ4v) is 2.38. The lowest BCUT2D eigenvalue weighted by atomic mass is 10.2. The second-order valence-corrected chi connectivity index (χ2v) is 5.35. The van der Waals surface area contributed by atoms with Crippen molar-refractivity contribution in [2.75, 3.05) is 0 Å². The summed E-state index contributed by atoms with van der Waals surface area (Å²) in [6.45, 7) is 2.59. The SMILES string of the molecule is C[C@@H]([NH2+]Cc1nc2cc(Cl)ccc2c(=O)[nH]1)c1ccco1. The molecule has 21 heavy (non-hydrogen) atoms. The normalized spacial score (nSPS) is 12.7. The van der Waals surface area contributed by atoms with Crippen LogP contribution in [0.15, 0.2) is 45.8 Å². The minimum absolute atomic E-state index is 0.147. The minimum atomic E-state index is -0.147. The van der Waals surface area contributed by atoms with Crippen molar-refractivity contribution in [3.05, 3.63) is 63.6 Å². The zero-order valence-electron chi connectivity index (χ0n) is 11.5. The molecule has 0 aliphatic carbocycles. The number of fused-ring (bicyclic) bond motifs is 1. The van der Waals surface area contributed by atoms with Crippen molar-refractivity contribution in [2.45, 2.75) is 19.5 Å². The van der Waals surface area contributed by atoms with Gasteiger partial charge in [0.25, 0.3) is 5.56 Å². The van der Waals surface area contributed by atoms with Gasteiger partial charge in [-0.05, 0) is 37.3 Å². The van der Waals surface area contributed by atoms with Crippen molar-refractivity contribution in [1.82, 2.24) is 9.97 Å². The van der Waals surface area contributed by atoms with Crippen LogP contribution in [0.3, 0.4) is 0 Å². The average Bonchev–Trinajstić information content (AvgIpc) is 2.98. The molecule has 0 radical (unpaired) electrons. The van der Waals surface area contributed by atoms with Gasteiger partial charge in [-0.2, -0.15) is 0 Å². The van der Waals surface area contributed by atoms with Gasteiger partial charge in [-0.25, -0.2) is 4.98 Å². The van der Waals surface area contributed by atoms with Crippen molar-refractivity contribution in [2.24, 2.45) is 0 Å². The molecule has 108 valence electrons. The van der Waals surface area contributed by atoms with Gasteiger partial charge in [-0.1, -0.05) is 11.6 Å². The Morgan fingerprint density at radius 1 is 1.43 bits per heavy atom. The zero-order chi connectivity index (χ0) is 14.8. The summed E-state index contributed by atoms with van der Waals surface area (Å²) >= 11 is 5.95. The molecule has 0 saturated heterocycles. The lowest BCUT2D eigenvalue weighted by Crippen LogP contribution is -2.83. The average molecular weight is 305 g/mol. The standard InChI is InChI=1S/C15H14ClN3O2/c1-9(13-3-2-6-21-13)17-8-14-18-12-7-10(16)4-5-11(12)15(20)19-14/h2-7,9,17H,8H2,1H3,(H,18,19,20)/p+1/t9-/m1/s1. The molecule has 0 unspecified atom stereocenters. The molecule has 3 N–H and O–H groups in total. The molecule has 0 fully saturated rings. The van der Waals surface area contributed by atoms with E-state index >= 15 is 0 Å². The van der Waals surface area contributed by atoms with Crippen LogP contribution >= 0.6 is 11.6 Å². The number of halogens is 1. The third-order valence-corrected chi connectivity index (χ3v) is 3.61. The number of nitrogens with two attached hydrogens (primary N) is 1. The Kier molecular flexibility index (Phi) is 3.77. The lowest BCUT2D eigenvalue weighted by Gasteiger charge is -2.08. The topological polar surface area (TPSA) is 75.5 Å². The summed E-state index contributed by atoms with van der Waals surface area (Å²) in [7, 11) is 0. The number of furan rings is 1. The van der Waals surface area contributed by atoms with Crippen molar-refractivity contribution >= 4 is 22.5 Å². The number of quaternary nitrogens is 1. The number of hydrogen-bond acceptors (Lipinski definition) is 3. The Bertz CT molecular complexity index is 811. The highest BCUT2D eigenvalue weighted by Crippen LogP contribution is 2.14.